The van der Waals surface area contributed by atoms with Crippen LogP contribution in [0.2, 0.25) is 5.02 Å². The van der Waals surface area contributed by atoms with Crippen LogP contribution in [0.1, 0.15) is 17.0 Å². The minimum absolute atomic E-state index is 0.000788. The van der Waals surface area contributed by atoms with E-state index >= 15 is 0 Å². The number of halogens is 1. The Bertz CT molecular complexity index is 1050. The van der Waals surface area contributed by atoms with Gasteiger partial charge >= 0.3 is 5.69 Å². The maximum absolute atomic E-state index is 12.6. The molecule has 1 aliphatic heterocycles. The van der Waals surface area contributed by atoms with Crippen molar-refractivity contribution in [2.75, 3.05) is 6.54 Å². The molecule has 0 unspecified atom stereocenters. The molecular weight excluding hydrogens is 364 g/mol. The van der Waals surface area contributed by atoms with E-state index in [-0.39, 0.29) is 18.0 Å². The Hall–Kier alpha value is -2.86. The van der Waals surface area contributed by atoms with Crippen LogP contribution in [0.3, 0.4) is 0 Å². The smallest absolute Gasteiger partial charge is 0.333 e. The predicted molar refractivity (Wildman–Crippen MR) is 103 cm³/mol. The third kappa shape index (κ3) is 3.53. The third-order valence-electron chi connectivity index (χ3n) is 4.74. The van der Waals surface area contributed by atoms with Gasteiger partial charge < -0.3 is 4.90 Å². The second-order valence-electron chi connectivity index (χ2n) is 6.72. The van der Waals surface area contributed by atoms with Crippen molar-refractivity contribution in [3.05, 3.63) is 81.0 Å². The Morgan fingerprint density at radius 2 is 1.93 bits per heavy atom. The van der Waals surface area contributed by atoms with Gasteiger partial charge in [0.05, 0.1) is 18.7 Å². The van der Waals surface area contributed by atoms with Crippen molar-refractivity contribution < 1.29 is 4.79 Å². The van der Waals surface area contributed by atoms with E-state index in [4.69, 9.17) is 11.6 Å². The molecule has 0 bridgehead atoms. The highest BCUT2D eigenvalue weighted by atomic mass is 35.5. The van der Waals surface area contributed by atoms with Crippen LogP contribution in [0.4, 0.5) is 0 Å². The van der Waals surface area contributed by atoms with Gasteiger partial charge in [-0.3, -0.25) is 9.36 Å². The van der Waals surface area contributed by atoms with E-state index in [2.05, 4.69) is 5.10 Å². The summed E-state index contributed by atoms with van der Waals surface area (Å²) in [5.74, 6) is 0.604. The second kappa shape index (κ2) is 7.04. The van der Waals surface area contributed by atoms with Crippen LogP contribution in [0.15, 0.2) is 53.3 Å². The van der Waals surface area contributed by atoms with Gasteiger partial charge in [0.1, 0.15) is 0 Å². The Balaban J connectivity index is 1.54. The number of fused-ring (bicyclic) bond motifs is 1. The zero-order valence-corrected chi connectivity index (χ0v) is 15.7. The summed E-state index contributed by atoms with van der Waals surface area (Å²) in [4.78, 5) is 27.0. The summed E-state index contributed by atoms with van der Waals surface area (Å²) >= 11 is 5.99. The van der Waals surface area contributed by atoms with Crippen LogP contribution in [0.25, 0.3) is 5.69 Å². The van der Waals surface area contributed by atoms with Crippen molar-refractivity contribution >= 4 is 17.5 Å². The first kappa shape index (κ1) is 17.5. The highest BCUT2D eigenvalue weighted by molar-refractivity contribution is 6.30. The van der Waals surface area contributed by atoms with Gasteiger partial charge in [-0.05, 0) is 36.8 Å². The lowest BCUT2D eigenvalue weighted by molar-refractivity contribution is -0.132. The lowest BCUT2D eigenvalue weighted by atomic mass is 10.1. The summed E-state index contributed by atoms with van der Waals surface area (Å²) in [6.45, 7) is 3.26. The van der Waals surface area contributed by atoms with Crippen LogP contribution in [-0.4, -0.2) is 31.7 Å². The number of carbonyl (C=O) groups excluding carboxylic acids is 1. The van der Waals surface area contributed by atoms with E-state index in [1.807, 2.05) is 43.3 Å². The molecule has 7 heteroatoms. The molecule has 0 saturated carbocycles. The van der Waals surface area contributed by atoms with Crippen molar-refractivity contribution in [1.82, 2.24) is 19.2 Å². The van der Waals surface area contributed by atoms with Gasteiger partial charge in [-0.15, -0.1) is 5.10 Å². The summed E-state index contributed by atoms with van der Waals surface area (Å²) in [5, 5.41) is 5.07. The molecule has 0 spiro atoms. The number of amides is 1. The van der Waals surface area contributed by atoms with E-state index in [1.165, 1.54) is 4.68 Å². The van der Waals surface area contributed by atoms with Crippen LogP contribution < -0.4 is 5.69 Å². The first-order valence-electron chi connectivity index (χ1n) is 8.79. The number of aryl methyl sites for hydroxylation is 1. The normalized spacial score (nSPS) is 13.5. The molecule has 2 aromatic carbocycles. The van der Waals surface area contributed by atoms with Crippen molar-refractivity contribution in [2.45, 2.75) is 26.4 Å². The number of nitrogens with zero attached hydrogens (tertiary/aromatic N) is 4. The second-order valence-corrected chi connectivity index (χ2v) is 7.16. The number of aromatic nitrogens is 3. The van der Waals surface area contributed by atoms with Gasteiger partial charge in [0.2, 0.25) is 5.91 Å². The Labute approximate surface area is 161 Å². The quantitative estimate of drug-likeness (QED) is 0.699. The van der Waals surface area contributed by atoms with Crippen molar-refractivity contribution in [1.29, 1.82) is 0 Å². The molecule has 138 valence electrons. The van der Waals surface area contributed by atoms with Gasteiger partial charge in [0.15, 0.2) is 5.82 Å². The predicted octanol–water partition coefficient (Wildman–Crippen LogP) is 2.58. The molecule has 6 nitrogen and oxygen atoms in total. The maximum atomic E-state index is 12.6. The molecule has 3 aromatic rings. The SMILES string of the molecule is Cc1ccc(-n2nc3n(c2=O)CCN(C(=O)Cc2cccc(Cl)c2)C3)cc1. The maximum Gasteiger partial charge on any atom is 0.350 e. The minimum atomic E-state index is -0.171. The molecular formula is C20H19ClN4O2. The highest BCUT2D eigenvalue weighted by Gasteiger charge is 2.25. The Morgan fingerprint density at radius 3 is 2.67 bits per heavy atom. The highest BCUT2D eigenvalue weighted by Crippen LogP contribution is 2.15. The standard InChI is InChI=1S/C20H19ClN4O2/c1-14-5-7-17(8-6-14)25-20(27)24-10-9-23(13-18(24)22-25)19(26)12-15-3-2-4-16(21)11-15/h2-8,11H,9-10,12-13H2,1H3. The molecule has 0 radical (unpaired) electrons. The summed E-state index contributed by atoms with van der Waals surface area (Å²) in [5.41, 5.74) is 2.55. The van der Waals surface area contributed by atoms with E-state index < -0.39 is 0 Å². The summed E-state index contributed by atoms with van der Waals surface area (Å²) in [7, 11) is 0. The molecule has 0 aliphatic carbocycles. The lowest BCUT2D eigenvalue weighted by Gasteiger charge is -2.26. The molecule has 0 saturated heterocycles. The molecule has 0 atom stereocenters. The van der Waals surface area contributed by atoms with E-state index in [0.29, 0.717) is 30.5 Å². The van der Waals surface area contributed by atoms with E-state index in [9.17, 15) is 9.59 Å². The summed E-state index contributed by atoms with van der Waals surface area (Å²) in [6, 6.07) is 14.9. The molecule has 1 aromatic heterocycles. The fraction of sp³-hybridized carbons (Fsp3) is 0.250. The molecule has 1 aliphatic rings. The zero-order chi connectivity index (χ0) is 19.0. The monoisotopic (exact) mass is 382 g/mol. The van der Waals surface area contributed by atoms with Gasteiger partial charge in [0, 0.05) is 18.1 Å². The van der Waals surface area contributed by atoms with E-state index in [0.717, 1.165) is 16.8 Å². The van der Waals surface area contributed by atoms with Gasteiger partial charge in [0.25, 0.3) is 0 Å². The van der Waals surface area contributed by atoms with Gasteiger partial charge in [-0.2, -0.15) is 4.68 Å². The van der Waals surface area contributed by atoms with Gasteiger partial charge in [-0.1, -0.05) is 41.4 Å². The summed E-state index contributed by atoms with van der Waals surface area (Å²) < 4.78 is 3.04. The average Bonchev–Trinajstić information content (AvgIpc) is 2.98. The van der Waals surface area contributed by atoms with Crippen LogP contribution in [0, 0.1) is 6.92 Å². The number of carbonyl (C=O) groups is 1. The molecule has 1 amide bonds. The molecule has 2 heterocycles. The van der Waals surface area contributed by atoms with Crippen molar-refractivity contribution in [3.63, 3.8) is 0 Å². The zero-order valence-electron chi connectivity index (χ0n) is 14.9. The third-order valence-corrected chi connectivity index (χ3v) is 4.98. The van der Waals surface area contributed by atoms with Crippen molar-refractivity contribution in [2.24, 2.45) is 0 Å². The molecule has 0 fully saturated rings. The summed E-state index contributed by atoms with van der Waals surface area (Å²) in [6.07, 6.45) is 0.281. The van der Waals surface area contributed by atoms with Gasteiger partial charge in [-0.25, -0.2) is 4.79 Å². The van der Waals surface area contributed by atoms with Crippen molar-refractivity contribution in [3.8, 4) is 5.69 Å². The molecule has 4 rings (SSSR count). The lowest BCUT2D eigenvalue weighted by Crippen LogP contribution is -2.41. The largest absolute Gasteiger partial charge is 0.350 e. The number of hydrogen-bond acceptors (Lipinski definition) is 3. The number of hydrogen-bond donors (Lipinski definition) is 0. The van der Waals surface area contributed by atoms with Crippen LogP contribution >= 0.6 is 11.6 Å². The van der Waals surface area contributed by atoms with Crippen LogP contribution in [0.5, 0.6) is 0 Å². The number of rotatable bonds is 3. The number of benzene rings is 2. The van der Waals surface area contributed by atoms with E-state index in [1.54, 1.807) is 21.6 Å². The average molecular weight is 383 g/mol. The Morgan fingerprint density at radius 1 is 1.15 bits per heavy atom. The first-order valence-corrected chi connectivity index (χ1v) is 9.17. The first-order chi connectivity index (χ1) is 13.0. The minimum Gasteiger partial charge on any atom is -0.333 e. The topological polar surface area (TPSA) is 60.1 Å². The molecule has 27 heavy (non-hydrogen) atoms. The fourth-order valence-corrected chi connectivity index (χ4v) is 3.46. The molecule has 0 N–H and O–H groups in total. The Kier molecular flexibility index (Phi) is 4.58. The van der Waals surface area contributed by atoms with Crippen LogP contribution in [-0.2, 0) is 24.3 Å². The fourth-order valence-electron chi connectivity index (χ4n) is 3.25.